The van der Waals surface area contributed by atoms with E-state index in [0.29, 0.717) is 43.2 Å². The van der Waals surface area contributed by atoms with Gasteiger partial charge in [0.25, 0.3) is 5.91 Å². The van der Waals surface area contributed by atoms with Crippen molar-refractivity contribution in [2.75, 3.05) is 36.0 Å². The maximum atomic E-state index is 14.4. The molecular formula is C32H34ClN3O5. The second kappa shape index (κ2) is 11.4. The molecule has 1 spiro atoms. The van der Waals surface area contributed by atoms with Crippen molar-refractivity contribution in [3.63, 3.8) is 0 Å². The van der Waals surface area contributed by atoms with Gasteiger partial charge in [0.1, 0.15) is 11.6 Å². The number of ether oxygens (including phenoxy) is 1. The van der Waals surface area contributed by atoms with E-state index in [0.717, 1.165) is 18.5 Å². The van der Waals surface area contributed by atoms with E-state index in [1.807, 2.05) is 54.6 Å². The molecule has 9 heteroatoms. The number of rotatable bonds is 8. The Kier molecular flexibility index (Phi) is 7.72. The van der Waals surface area contributed by atoms with Gasteiger partial charge in [0.2, 0.25) is 11.8 Å². The highest BCUT2D eigenvalue weighted by Crippen LogP contribution is 2.54. The van der Waals surface area contributed by atoms with Crippen LogP contribution in [0.15, 0.2) is 78.9 Å². The lowest BCUT2D eigenvalue weighted by Gasteiger charge is -2.35. The van der Waals surface area contributed by atoms with Gasteiger partial charge in [-0.15, -0.1) is 0 Å². The van der Waals surface area contributed by atoms with Crippen LogP contribution in [0.1, 0.15) is 25.7 Å². The van der Waals surface area contributed by atoms with Crippen LogP contribution < -0.4 is 9.80 Å². The average molecular weight is 576 g/mol. The summed E-state index contributed by atoms with van der Waals surface area (Å²) in [4.78, 5) is 48.0. The number of amides is 3. The summed E-state index contributed by atoms with van der Waals surface area (Å²) in [7, 11) is 0. The molecule has 214 valence electrons. The first-order chi connectivity index (χ1) is 20.0. The first-order valence-electron chi connectivity index (χ1n) is 14.3. The van der Waals surface area contributed by atoms with E-state index in [2.05, 4.69) is 0 Å². The lowest BCUT2D eigenvalue weighted by molar-refractivity contribution is -0.140. The molecule has 5 atom stereocenters. The highest BCUT2D eigenvalue weighted by atomic mass is 35.5. The minimum absolute atomic E-state index is 0.125. The van der Waals surface area contributed by atoms with Gasteiger partial charge in [0, 0.05) is 42.6 Å². The molecule has 2 fully saturated rings. The van der Waals surface area contributed by atoms with E-state index in [1.165, 1.54) is 0 Å². The molecule has 1 unspecified atom stereocenters. The number of carbonyl (C=O) groups is 3. The van der Waals surface area contributed by atoms with Gasteiger partial charge in [0.05, 0.1) is 17.9 Å². The van der Waals surface area contributed by atoms with Crippen LogP contribution >= 0.6 is 11.6 Å². The van der Waals surface area contributed by atoms with Gasteiger partial charge in [-0.3, -0.25) is 14.4 Å². The van der Waals surface area contributed by atoms with Crippen LogP contribution in [0.4, 0.5) is 11.4 Å². The first-order valence-corrected chi connectivity index (χ1v) is 14.7. The van der Waals surface area contributed by atoms with Crippen molar-refractivity contribution < 1.29 is 24.2 Å². The van der Waals surface area contributed by atoms with Crippen molar-refractivity contribution >= 4 is 40.7 Å². The van der Waals surface area contributed by atoms with Crippen molar-refractivity contribution in [3.05, 3.63) is 83.9 Å². The minimum Gasteiger partial charge on any atom is -0.396 e. The maximum absolute atomic E-state index is 14.4. The number of likely N-dealkylation sites (tertiary alicyclic amines) is 1. The number of carbonyl (C=O) groups excluding carboxylic acids is 3. The third kappa shape index (κ3) is 4.78. The SMILES string of the molecule is O=C1C2N(CCCCCCO)C(=O)[C@@H]3[C@@H]4C(=O)N(c5ccccc5)CC=C[C@@H]4O[C@]23C=CCN1c1ccc(Cl)cc1. The van der Waals surface area contributed by atoms with Crippen LogP contribution in [-0.4, -0.2) is 71.7 Å². The third-order valence-corrected chi connectivity index (χ3v) is 8.92. The summed E-state index contributed by atoms with van der Waals surface area (Å²) >= 11 is 6.12. The smallest absolute Gasteiger partial charge is 0.253 e. The Morgan fingerprint density at radius 3 is 2.27 bits per heavy atom. The van der Waals surface area contributed by atoms with Crippen molar-refractivity contribution in [2.45, 2.75) is 43.4 Å². The highest BCUT2D eigenvalue weighted by Gasteiger charge is 2.71. The van der Waals surface area contributed by atoms with E-state index >= 15 is 0 Å². The van der Waals surface area contributed by atoms with Gasteiger partial charge in [-0.2, -0.15) is 0 Å². The highest BCUT2D eigenvalue weighted by molar-refractivity contribution is 6.30. The molecule has 2 aromatic rings. The van der Waals surface area contributed by atoms with Gasteiger partial charge in [-0.05, 0) is 49.2 Å². The molecule has 4 aliphatic heterocycles. The molecule has 0 aromatic heterocycles. The summed E-state index contributed by atoms with van der Waals surface area (Å²) in [6.07, 6.45) is 9.93. The number of halogens is 1. The normalized spacial score (nSPS) is 28.9. The molecule has 3 amide bonds. The lowest BCUT2D eigenvalue weighted by Crippen LogP contribution is -2.55. The molecule has 0 bridgehead atoms. The summed E-state index contributed by atoms with van der Waals surface area (Å²) in [5.41, 5.74) is 0.168. The van der Waals surface area contributed by atoms with Crippen LogP contribution in [0, 0.1) is 11.8 Å². The first kappa shape index (κ1) is 27.7. The molecule has 6 rings (SSSR count). The van der Waals surface area contributed by atoms with Crippen LogP contribution in [0.5, 0.6) is 0 Å². The Bertz CT molecular complexity index is 1360. The van der Waals surface area contributed by atoms with Crippen LogP contribution in [-0.2, 0) is 19.1 Å². The Balaban J connectivity index is 1.39. The van der Waals surface area contributed by atoms with Gasteiger partial charge < -0.3 is 24.5 Å². The van der Waals surface area contributed by atoms with Gasteiger partial charge in [0.15, 0.2) is 0 Å². The monoisotopic (exact) mass is 575 g/mol. The number of benzene rings is 2. The maximum Gasteiger partial charge on any atom is 0.253 e. The van der Waals surface area contributed by atoms with Crippen LogP contribution in [0.25, 0.3) is 0 Å². The van der Waals surface area contributed by atoms with Gasteiger partial charge >= 0.3 is 0 Å². The average Bonchev–Trinajstić information content (AvgIpc) is 3.29. The number of hydrogen-bond acceptors (Lipinski definition) is 5. The Morgan fingerprint density at radius 1 is 0.829 bits per heavy atom. The summed E-state index contributed by atoms with van der Waals surface area (Å²) in [6, 6.07) is 15.6. The molecule has 8 nitrogen and oxygen atoms in total. The number of fused-ring (bicyclic) bond motifs is 2. The molecule has 2 aromatic carbocycles. The second-order valence-corrected chi connectivity index (χ2v) is 11.5. The number of aliphatic hydroxyl groups is 1. The topological polar surface area (TPSA) is 90.4 Å². The number of para-hydroxylation sites is 1. The van der Waals surface area contributed by atoms with E-state index in [1.54, 1.807) is 39.0 Å². The third-order valence-electron chi connectivity index (χ3n) is 8.67. The number of nitrogens with zero attached hydrogens (tertiary/aromatic N) is 3. The quantitative estimate of drug-likeness (QED) is 0.380. The zero-order valence-electron chi connectivity index (χ0n) is 22.8. The van der Waals surface area contributed by atoms with E-state index in [4.69, 9.17) is 16.3 Å². The Labute approximate surface area is 244 Å². The lowest BCUT2D eigenvalue weighted by atomic mass is 9.77. The number of unbranched alkanes of at least 4 members (excludes halogenated alkanes) is 3. The van der Waals surface area contributed by atoms with Gasteiger partial charge in [-0.25, -0.2) is 0 Å². The Hall–Kier alpha value is -3.46. The number of aliphatic hydroxyl groups excluding tert-OH is 1. The zero-order chi connectivity index (χ0) is 28.6. The largest absolute Gasteiger partial charge is 0.396 e. The molecule has 0 radical (unpaired) electrons. The fraction of sp³-hybridized carbons (Fsp3) is 0.406. The van der Waals surface area contributed by atoms with Crippen molar-refractivity contribution in [1.29, 1.82) is 0 Å². The fourth-order valence-corrected chi connectivity index (χ4v) is 6.94. The Morgan fingerprint density at radius 2 is 1.51 bits per heavy atom. The summed E-state index contributed by atoms with van der Waals surface area (Å²) in [5.74, 6) is -2.23. The van der Waals surface area contributed by atoms with Gasteiger partial charge in [-0.1, -0.05) is 66.9 Å². The predicted octanol–water partition coefficient (Wildman–Crippen LogP) is 3.98. The molecule has 4 aliphatic rings. The molecule has 4 heterocycles. The zero-order valence-corrected chi connectivity index (χ0v) is 23.5. The molecule has 1 N–H and O–H groups in total. The van der Waals surface area contributed by atoms with Crippen molar-refractivity contribution in [1.82, 2.24) is 4.90 Å². The van der Waals surface area contributed by atoms with Crippen LogP contribution in [0.3, 0.4) is 0 Å². The fourth-order valence-electron chi connectivity index (χ4n) is 6.82. The van der Waals surface area contributed by atoms with Crippen molar-refractivity contribution in [3.8, 4) is 0 Å². The van der Waals surface area contributed by atoms with Crippen LogP contribution in [0.2, 0.25) is 5.02 Å². The standard InChI is InChI=1S/C32H34ClN3O5/c33-22-13-15-24(16-14-22)35-20-9-17-32-27(30(39)36(28(32)31(35)40)18-6-1-2-7-21-37)26-25(41-32)12-8-19-34(29(26)38)23-10-4-3-5-11-23/h3-5,8-17,25-28,37H,1-2,6-7,18-21H2/t25-,26+,27-,28?,32-/m0/s1. The molecule has 41 heavy (non-hydrogen) atoms. The molecule has 2 saturated heterocycles. The number of anilines is 2. The summed E-state index contributed by atoms with van der Waals surface area (Å²) in [5, 5.41) is 9.74. The second-order valence-electron chi connectivity index (χ2n) is 11.1. The number of hydrogen-bond donors (Lipinski definition) is 1. The summed E-state index contributed by atoms with van der Waals surface area (Å²) in [6.45, 7) is 1.18. The van der Waals surface area contributed by atoms with E-state index in [-0.39, 0.29) is 24.3 Å². The predicted molar refractivity (Wildman–Crippen MR) is 157 cm³/mol. The molecule has 0 aliphatic carbocycles. The van der Waals surface area contributed by atoms with Crippen molar-refractivity contribution in [2.24, 2.45) is 11.8 Å². The minimum atomic E-state index is -1.27. The van der Waals surface area contributed by atoms with E-state index in [9.17, 15) is 19.5 Å². The summed E-state index contributed by atoms with van der Waals surface area (Å²) < 4.78 is 6.73. The molecule has 0 saturated carbocycles. The molecular weight excluding hydrogens is 542 g/mol. The van der Waals surface area contributed by atoms with E-state index < -0.39 is 29.6 Å².